The third-order valence-corrected chi connectivity index (χ3v) is 5.04. The summed E-state index contributed by atoms with van der Waals surface area (Å²) < 4.78 is 25.0. The number of rotatable bonds is 3. The summed E-state index contributed by atoms with van der Waals surface area (Å²) in [5.74, 6) is 0.231. The molecule has 0 spiro atoms. The minimum Gasteiger partial charge on any atom is -0.454 e. The molecule has 5 rings (SSSR count). The molecule has 7 heteroatoms. The average molecular weight is 421 g/mol. The van der Waals surface area contributed by atoms with Crippen molar-refractivity contribution in [1.82, 2.24) is 4.98 Å². The van der Waals surface area contributed by atoms with E-state index in [0.29, 0.717) is 33.7 Å². The second-order valence-corrected chi connectivity index (χ2v) is 7.15. The van der Waals surface area contributed by atoms with Gasteiger partial charge in [0.05, 0.1) is 22.5 Å². The summed E-state index contributed by atoms with van der Waals surface area (Å²) in [7, 11) is 0. The lowest BCUT2D eigenvalue weighted by Gasteiger charge is -2.11. The van der Waals surface area contributed by atoms with Gasteiger partial charge >= 0.3 is 0 Å². The molecule has 5 nitrogen and oxygen atoms in total. The fourth-order valence-electron chi connectivity index (χ4n) is 3.35. The molecule has 1 amide bonds. The van der Waals surface area contributed by atoms with Crippen LogP contribution in [0.4, 0.5) is 10.1 Å². The molecule has 1 aliphatic rings. The predicted molar refractivity (Wildman–Crippen MR) is 113 cm³/mol. The number of fused-ring (bicyclic) bond motifs is 2. The molecule has 0 saturated heterocycles. The maximum atomic E-state index is 14.2. The van der Waals surface area contributed by atoms with Gasteiger partial charge in [0.15, 0.2) is 11.5 Å². The number of amides is 1. The first-order valence-corrected chi connectivity index (χ1v) is 9.52. The van der Waals surface area contributed by atoms with Gasteiger partial charge in [-0.2, -0.15) is 0 Å². The first kappa shape index (κ1) is 18.4. The highest BCUT2D eigenvalue weighted by molar-refractivity contribution is 6.30. The van der Waals surface area contributed by atoms with E-state index >= 15 is 0 Å². The molecule has 0 atom stereocenters. The molecular weight excluding hydrogens is 407 g/mol. The van der Waals surface area contributed by atoms with Crippen LogP contribution in [-0.4, -0.2) is 17.7 Å². The van der Waals surface area contributed by atoms with Crippen molar-refractivity contribution in [3.8, 4) is 22.8 Å². The van der Waals surface area contributed by atoms with E-state index in [1.807, 2.05) is 30.3 Å². The van der Waals surface area contributed by atoms with Gasteiger partial charge in [-0.3, -0.25) is 4.79 Å². The Morgan fingerprint density at radius 1 is 1.00 bits per heavy atom. The Bertz CT molecular complexity index is 1310. The summed E-state index contributed by atoms with van der Waals surface area (Å²) in [5, 5.41) is 3.54. The van der Waals surface area contributed by atoms with E-state index in [-0.39, 0.29) is 17.5 Å². The van der Waals surface area contributed by atoms with Crippen LogP contribution in [0.2, 0.25) is 5.02 Å². The zero-order valence-corrected chi connectivity index (χ0v) is 16.2. The monoisotopic (exact) mass is 420 g/mol. The number of pyridine rings is 1. The van der Waals surface area contributed by atoms with Crippen molar-refractivity contribution in [2.24, 2.45) is 0 Å². The fourth-order valence-corrected chi connectivity index (χ4v) is 3.51. The van der Waals surface area contributed by atoms with Crippen molar-refractivity contribution >= 4 is 34.1 Å². The number of para-hydroxylation sites is 1. The number of nitrogens with zero attached hydrogens (tertiary/aromatic N) is 1. The third-order valence-electron chi connectivity index (χ3n) is 4.81. The Morgan fingerprint density at radius 3 is 2.70 bits per heavy atom. The van der Waals surface area contributed by atoms with Crippen LogP contribution in [0.3, 0.4) is 0 Å². The van der Waals surface area contributed by atoms with Crippen LogP contribution in [0.5, 0.6) is 11.5 Å². The molecule has 30 heavy (non-hydrogen) atoms. The van der Waals surface area contributed by atoms with Crippen LogP contribution in [0.15, 0.2) is 66.7 Å². The minimum absolute atomic E-state index is 0.0509. The second kappa shape index (κ2) is 7.31. The summed E-state index contributed by atoms with van der Waals surface area (Å²) in [6.45, 7) is 0.171. The molecule has 1 aromatic heterocycles. The smallest absolute Gasteiger partial charge is 0.256 e. The number of aromatic nitrogens is 1. The normalized spacial score (nSPS) is 12.2. The number of hydrogen-bond acceptors (Lipinski definition) is 4. The van der Waals surface area contributed by atoms with Crippen LogP contribution in [-0.2, 0) is 0 Å². The van der Waals surface area contributed by atoms with Gasteiger partial charge in [-0.05, 0) is 48.5 Å². The maximum absolute atomic E-state index is 14.2. The van der Waals surface area contributed by atoms with Gasteiger partial charge < -0.3 is 14.8 Å². The first-order valence-electron chi connectivity index (χ1n) is 9.15. The number of ether oxygens (including phenoxy) is 2. The highest BCUT2D eigenvalue weighted by Crippen LogP contribution is 2.36. The van der Waals surface area contributed by atoms with Crippen LogP contribution in [0, 0.1) is 5.82 Å². The topological polar surface area (TPSA) is 60.5 Å². The number of carbonyl (C=O) groups is 1. The summed E-state index contributed by atoms with van der Waals surface area (Å²) in [6.07, 6.45) is 0. The number of carbonyl (C=O) groups excluding carboxylic acids is 1. The number of benzene rings is 3. The molecule has 2 heterocycles. The summed E-state index contributed by atoms with van der Waals surface area (Å²) in [4.78, 5) is 17.7. The maximum Gasteiger partial charge on any atom is 0.256 e. The average Bonchev–Trinajstić information content (AvgIpc) is 3.22. The minimum atomic E-state index is -0.606. The summed E-state index contributed by atoms with van der Waals surface area (Å²) in [6, 6.07) is 18.6. The predicted octanol–water partition coefficient (Wildman–Crippen LogP) is 5.68. The quantitative estimate of drug-likeness (QED) is 0.463. The number of anilines is 1. The van der Waals surface area contributed by atoms with Crippen molar-refractivity contribution in [2.45, 2.75) is 0 Å². The van der Waals surface area contributed by atoms with Crippen LogP contribution in [0.1, 0.15) is 10.4 Å². The van der Waals surface area contributed by atoms with Crippen molar-refractivity contribution in [3.05, 3.63) is 83.1 Å². The molecule has 0 aliphatic carbocycles. The van der Waals surface area contributed by atoms with E-state index in [2.05, 4.69) is 10.3 Å². The van der Waals surface area contributed by atoms with Gasteiger partial charge in [0, 0.05) is 16.0 Å². The molecule has 1 aliphatic heterocycles. The standard InChI is InChI=1S/C23H14ClFN2O3/c24-14-6-7-19(17(25)10-14)27-23(28)16-11-20(26-18-4-2-1-3-15(16)18)13-5-8-21-22(9-13)30-12-29-21/h1-11H,12H2,(H,27,28). The highest BCUT2D eigenvalue weighted by Gasteiger charge is 2.18. The summed E-state index contributed by atoms with van der Waals surface area (Å²) >= 11 is 5.80. The first-order chi connectivity index (χ1) is 14.6. The Balaban J connectivity index is 1.59. The lowest BCUT2D eigenvalue weighted by molar-refractivity contribution is 0.102. The molecule has 0 bridgehead atoms. The zero-order valence-electron chi connectivity index (χ0n) is 15.5. The van der Waals surface area contributed by atoms with Gasteiger partial charge in [-0.25, -0.2) is 9.37 Å². The van der Waals surface area contributed by atoms with Crippen LogP contribution >= 0.6 is 11.6 Å². The van der Waals surface area contributed by atoms with Gasteiger partial charge in [-0.1, -0.05) is 29.8 Å². The van der Waals surface area contributed by atoms with Crippen LogP contribution in [0.25, 0.3) is 22.2 Å². The van der Waals surface area contributed by atoms with Gasteiger partial charge in [-0.15, -0.1) is 0 Å². The molecular formula is C23H14ClFN2O3. The van der Waals surface area contributed by atoms with E-state index in [1.54, 1.807) is 18.2 Å². The van der Waals surface area contributed by atoms with E-state index in [9.17, 15) is 9.18 Å². The largest absolute Gasteiger partial charge is 0.454 e. The van der Waals surface area contributed by atoms with Gasteiger partial charge in [0.2, 0.25) is 6.79 Å². The Hall–Kier alpha value is -3.64. The van der Waals surface area contributed by atoms with Gasteiger partial charge in [0.1, 0.15) is 5.82 Å². The highest BCUT2D eigenvalue weighted by atomic mass is 35.5. The second-order valence-electron chi connectivity index (χ2n) is 6.72. The van der Waals surface area contributed by atoms with Crippen molar-refractivity contribution in [2.75, 3.05) is 12.1 Å². The molecule has 0 saturated carbocycles. The van der Waals surface area contributed by atoms with Gasteiger partial charge in [0.25, 0.3) is 5.91 Å². The van der Waals surface area contributed by atoms with E-state index < -0.39 is 11.7 Å². The molecule has 4 aromatic rings. The molecule has 3 aromatic carbocycles. The van der Waals surface area contributed by atoms with E-state index in [1.165, 1.54) is 12.1 Å². The number of halogens is 2. The number of hydrogen-bond donors (Lipinski definition) is 1. The fraction of sp³-hybridized carbons (Fsp3) is 0.0435. The Kier molecular flexibility index (Phi) is 4.48. The number of nitrogens with one attached hydrogen (secondary N) is 1. The molecule has 0 unspecified atom stereocenters. The zero-order chi connectivity index (χ0) is 20.7. The van der Waals surface area contributed by atoms with Crippen molar-refractivity contribution in [3.63, 3.8) is 0 Å². The van der Waals surface area contributed by atoms with E-state index in [4.69, 9.17) is 21.1 Å². The third kappa shape index (κ3) is 3.31. The van der Waals surface area contributed by atoms with E-state index in [0.717, 1.165) is 11.6 Å². The Labute approximate surface area is 176 Å². The van der Waals surface area contributed by atoms with Crippen LogP contribution < -0.4 is 14.8 Å². The summed E-state index contributed by atoms with van der Waals surface area (Å²) in [5.41, 5.74) is 2.44. The molecule has 148 valence electrons. The van der Waals surface area contributed by atoms with Crippen molar-refractivity contribution in [1.29, 1.82) is 0 Å². The lowest BCUT2D eigenvalue weighted by Crippen LogP contribution is -2.14. The SMILES string of the molecule is O=C(Nc1ccc(Cl)cc1F)c1cc(-c2ccc3c(c2)OCO3)nc2ccccc12. The van der Waals surface area contributed by atoms with Crippen molar-refractivity contribution < 1.29 is 18.7 Å². The lowest BCUT2D eigenvalue weighted by atomic mass is 10.0. The molecule has 1 N–H and O–H groups in total. The Morgan fingerprint density at radius 2 is 1.83 bits per heavy atom. The molecule has 0 fully saturated rings. The molecule has 0 radical (unpaired) electrons.